The Bertz CT molecular complexity index is 413. The molecule has 0 saturated carbocycles. The van der Waals surface area contributed by atoms with E-state index in [2.05, 4.69) is 49.3 Å². The molecule has 1 atom stereocenters. The van der Waals surface area contributed by atoms with Gasteiger partial charge >= 0.3 is 0 Å². The molecule has 1 aliphatic heterocycles. The van der Waals surface area contributed by atoms with Crippen molar-refractivity contribution in [1.29, 1.82) is 0 Å². The van der Waals surface area contributed by atoms with Gasteiger partial charge in [0.15, 0.2) is 0 Å². The summed E-state index contributed by atoms with van der Waals surface area (Å²) >= 11 is 0. The van der Waals surface area contributed by atoms with Gasteiger partial charge in [-0.2, -0.15) is 0 Å². The smallest absolute Gasteiger partial charge is 0.122 e. The van der Waals surface area contributed by atoms with Crippen molar-refractivity contribution >= 4 is 0 Å². The Morgan fingerprint density at radius 2 is 2.15 bits per heavy atom. The zero-order valence-electron chi connectivity index (χ0n) is 13.1. The molecule has 1 aromatic rings. The largest absolute Gasteiger partial charge is 0.492 e. The first-order valence-electron chi connectivity index (χ1n) is 7.77. The predicted octanol–water partition coefficient (Wildman–Crippen LogP) is 2.76. The quantitative estimate of drug-likeness (QED) is 0.864. The molecule has 0 spiro atoms. The first-order valence-corrected chi connectivity index (χ1v) is 7.77. The molecule has 112 valence electrons. The number of nitrogens with zero attached hydrogens (tertiary/aromatic N) is 1. The lowest BCUT2D eigenvalue weighted by Gasteiger charge is -2.28. The molecule has 2 rings (SSSR count). The summed E-state index contributed by atoms with van der Waals surface area (Å²) in [7, 11) is 2.18. The Hall–Kier alpha value is -1.06. The number of piperidine rings is 1. The van der Waals surface area contributed by atoms with Crippen LogP contribution in [0.4, 0.5) is 0 Å². The van der Waals surface area contributed by atoms with E-state index in [1.807, 2.05) is 0 Å². The van der Waals surface area contributed by atoms with E-state index in [-0.39, 0.29) is 0 Å². The van der Waals surface area contributed by atoms with Crippen molar-refractivity contribution in [1.82, 2.24) is 10.2 Å². The van der Waals surface area contributed by atoms with Gasteiger partial charge in [0.25, 0.3) is 0 Å². The molecule has 1 fully saturated rings. The maximum Gasteiger partial charge on any atom is 0.122 e. The zero-order valence-corrected chi connectivity index (χ0v) is 13.1. The van der Waals surface area contributed by atoms with Crippen molar-refractivity contribution in [3.8, 4) is 5.75 Å². The second-order valence-corrected chi connectivity index (χ2v) is 6.03. The number of benzene rings is 1. The van der Waals surface area contributed by atoms with Gasteiger partial charge in [-0.25, -0.2) is 0 Å². The summed E-state index contributed by atoms with van der Waals surface area (Å²) in [6.07, 6.45) is 4.00. The van der Waals surface area contributed by atoms with Crippen LogP contribution in [0.2, 0.25) is 0 Å². The Labute approximate surface area is 123 Å². The van der Waals surface area contributed by atoms with Gasteiger partial charge < -0.3 is 15.0 Å². The molecule has 1 heterocycles. The topological polar surface area (TPSA) is 24.5 Å². The minimum atomic E-state index is 0.662. The molecule has 3 nitrogen and oxygen atoms in total. The van der Waals surface area contributed by atoms with Crippen LogP contribution in [-0.4, -0.2) is 44.2 Å². The average molecular weight is 276 g/mol. The van der Waals surface area contributed by atoms with Gasteiger partial charge in [0.05, 0.1) is 0 Å². The molecule has 1 aliphatic rings. The van der Waals surface area contributed by atoms with Crippen LogP contribution in [0.1, 0.15) is 30.4 Å². The first-order chi connectivity index (χ1) is 9.65. The highest BCUT2D eigenvalue weighted by Gasteiger charge is 2.14. The molecule has 0 bridgehead atoms. The molecule has 20 heavy (non-hydrogen) atoms. The van der Waals surface area contributed by atoms with E-state index < -0.39 is 0 Å². The van der Waals surface area contributed by atoms with Gasteiger partial charge in [0, 0.05) is 19.1 Å². The Morgan fingerprint density at radius 1 is 1.30 bits per heavy atom. The third kappa shape index (κ3) is 4.80. The second kappa shape index (κ2) is 7.65. The minimum absolute atomic E-state index is 0.662. The summed E-state index contributed by atoms with van der Waals surface area (Å²) in [4.78, 5) is 2.37. The maximum atomic E-state index is 5.92. The van der Waals surface area contributed by atoms with Crippen LogP contribution in [0, 0.1) is 13.8 Å². The van der Waals surface area contributed by atoms with Gasteiger partial charge in [0.1, 0.15) is 12.4 Å². The summed E-state index contributed by atoms with van der Waals surface area (Å²) in [5.41, 5.74) is 2.47. The van der Waals surface area contributed by atoms with Crippen molar-refractivity contribution in [3.05, 3.63) is 29.3 Å². The van der Waals surface area contributed by atoms with Crippen molar-refractivity contribution in [3.63, 3.8) is 0 Å². The number of aryl methyl sites for hydroxylation is 2. The Kier molecular flexibility index (Phi) is 5.86. The molecule has 1 aromatic carbocycles. The zero-order chi connectivity index (χ0) is 14.4. The fourth-order valence-electron chi connectivity index (χ4n) is 2.72. The third-order valence-corrected chi connectivity index (χ3v) is 4.02. The van der Waals surface area contributed by atoms with E-state index in [1.54, 1.807) is 0 Å². The number of hydrogen-bond donors (Lipinski definition) is 1. The van der Waals surface area contributed by atoms with Crippen LogP contribution in [-0.2, 0) is 0 Å². The fraction of sp³-hybridized carbons (Fsp3) is 0.647. The summed E-state index contributed by atoms with van der Waals surface area (Å²) < 4.78 is 5.92. The molecule has 1 unspecified atom stereocenters. The minimum Gasteiger partial charge on any atom is -0.492 e. The lowest BCUT2D eigenvalue weighted by Crippen LogP contribution is -2.43. The highest BCUT2D eigenvalue weighted by atomic mass is 16.5. The van der Waals surface area contributed by atoms with Crippen molar-refractivity contribution in [2.75, 3.05) is 33.3 Å². The van der Waals surface area contributed by atoms with E-state index in [0.29, 0.717) is 6.04 Å². The molecule has 0 radical (unpaired) electrons. The summed E-state index contributed by atoms with van der Waals surface area (Å²) in [5, 5.41) is 3.59. The summed E-state index contributed by atoms with van der Waals surface area (Å²) in [6.45, 7) is 8.24. The van der Waals surface area contributed by atoms with Crippen LogP contribution in [0.25, 0.3) is 0 Å². The summed E-state index contributed by atoms with van der Waals surface area (Å²) in [5.74, 6) is 1.02. The highest BCUT2D eigenvalue weighted by molar-refractivity contribution is 5.35. The van der Waals surface area contributed by atoms with E-state index in [1.165, 1.54) is 36.9 Å². The van der Waals surface area contributed by atoms with Gasteiger partial charge in [0.2, 0.25) is 0 Å². The molecule has 0 aromatic heterocycles. The number of nitrogens with one attached hydrogen (secondary N) is 1. The average Bonchev–Trinajstić information content (AvgIpc) is 2.44. The van der Waals surface area contributed by atoms with Crippen LogP contribution < -0.4 is 10.1 Å². The van der Waals surface area contributed by atoms with E-state index in [9.17, 15) is 0 Å². The number of likely N-dealkylation sites (N-methyl/N-ethyl adjacent to an activating group) is 1. The molecular weight excluding hydrogens is 248 g/mol. The van der Waals surface area contributed by atoms with Gasteiger partial charge in [-0.1, -0.05) is 18.6 Å². The maximum absolute atomic E-state index is 5.92. The number of hydrogen-bond acceptors (Lipinski definition) is 3. The first kappa shape index (κ1) is 15.3. The normalized spacial score (nSPS) is 19.3. The highest BCUT2D eigenvalue weighted by Crippen LogP contribution is 2.18. The van der Waals surface area contributed by atoms with Crippen molar-refractivity contribution in [2.45, 2.75) is 39.2 Å². The van der Waals surface area contributed by atoms with Crippen LogP contribution in [0.3, 0.4) is 0 Å². The molecule has 3 heteroatoms. The van der Waals surface area contributed by atoms with Crippen LogP contribution in [0.5, 0.6) is 5.75 Å². The second-order valence-electron chi connectivity index (χ2n) is 6.03. The number of ether oxygens (including phenoxy) is 1. The Balaban J connectivity index is 1.70. The predicted molar refractivity (Wildman–Crippen MR) is 84.5 cm³/mol. The van der Waals surface area contributed by atoms with Gasteiger partial charge in [-0.15, -0.1) is 0 Å². The van der Waals surface area contributed by atoms with Crippen LogP contribution >= 0.6 is 0 Å². The summed E-state index contributed by atoms with van der Waals surface area (Å²) in [6, 6.07) is 7.04. The van der Waals surface area contributed by atoms with E-state index in [0.717, 1.165) is 25.4 Å². The fourth-order valence-corrected chi connectivity index (χ4v) is 2.72. The SMILES string of the molecule is Cc1ccc(C)c(OCCN(C)CC2CCCCN2)c1. The van der Waals surface area contributed by atoms with Crippen LogP contribution in [0.15, 0.2) is 18.2 Å². The third-order valence-electron chi connectivity index (χ3n) is 4.02. The molecule has 1 saturated heterocycles. The van der Waals surface area contributed by atoms with E-state index >= 15 is 0 Å². The number of rotatable bonds is 6. The Morgan fingerprint density at radius 3 is 2.90 bits per heavy atom. The van der Waals surface area contributed by atoms with Gasteiger partial charge in [-0.05, 0) is 57.5 Å². The van der Waals surface area contributed by atoms with E-state index in [4.69, 9.17) is 4.74 Å². The lowest BCUT2D eigenvalue weighted by atomic mass is 10.0. The van der Waals surface area contributed by atoms with Gasteiger partial charge in [-0.3, -0.25) is 0 Å². The van der Waals surface area contributed by atoms with Crippen molar-refractivity contribution in [2.24, 2.45) is 0 Å². The van der Waals surface area contributed by atoms with Crippen molar-refractivity contribution < 1.29 is 4.74 Å². The monoisotopic (exact) mass is 276 g/mol. The molecule has 1 N–H and O–H groups in total. The standard InChI is InChI=1S/C17H28N2O/c1-14-7-8-15(2)17(12-14)20-11-10-19(3)13-16-6-4-5-9-18-16/h7-8,12,16,18H,4-6,9-11,13H2,1-3H3. The lowest BCUT2D eigenvalue weighted by molar-refractivity contribution is 0.211. The molecule has 0 aliphatic carbocycles. The molecular formula is C17H28N2O. The molecule has 0 amide bonds.